The number of phenols is 1. The number of nitrogens with zero attached hydrogens (tertiary/aromatic N) is 2. The molecule has 0 bridgehead atoms. The van der Waals surface area contributed by atoms with Crippen LogP contribution in [-0.4, -0.2) is 15.2 Å². The summed E-state index contributed by atoms with van der Waals surface area (Å²) in [4.78, 5) is 4.25. The van der Waals surface area contributed by atoms with Crippen LogP contribution in [0.5, 0.6) is 5.75 Å². The first kappa shape index (κ1) is 13.8. The van der Waals surface area contributed by atoms with Gasteiger partial charge in [-0.05, 0) is 51.8 Å². The molecule has 1 aromatic heterocycles. The van der Waals surface area contributed by atoms with Crippen LogP contribution >= 0.6 is 15.9 Å². The molecule has 2 aromatic carbocycles. The number of hydrogen-bond donors (Lipinski definition) is 1. The minimum atomic E-state index is -0.297. The Morgan fingerprint density at radius 2 is 2.05 bits per heavy atom. The SMILES string of the molecule is Oc1cc(-c2nc(Cc3cccc(F)c3)no2)ccc1Br. The molecular formula is C15H10BrFN2O2. The lowest BCUT2D eigenvalue weighted by Crippen LogP contribution is -1.91. The van der Waals surface area contributed by atoms with Gasteiger partial charge in [0.2, 0.25) is 0 Å². The first-order valence-corrected chi connectivity index (χ1v) is 6.97. The Hall–Kier alpha value is -2.21. The van der Waals surface area contributed by atoms with E-state index in [0.717, 1.165) is 5.56 Å². The molecule has 0 unspecified atom stereocenters. The molecule has 1 N–H and O–H groups in total. The van der Waals surface area contributed by atoms with Gasteiger partial charge in [-0.15, -0.1) is 0 Å². The van der Waals surface area contributed by atoms with E-state index in [1.54, 1.807) is 24.3 Å². The summed E-state index contributed by atoms with van der Waals surface area (Å²) in [6, 6.07) is 11.2. The molecule has 0 spiro atoms. The molecule has 0 saturated heterocycles. The average molecular weight is 349 g/mol. The molecule has 3 aromatic rings. The van der Waals surface area contributed by atoms with Crippen molar-refractivity contribution in [2.45, 2.75) is 6.42 Å². The minimum absolute atomic E-state index is 0.0948. The fraction of sp³-hybridized carbons (Fsp3) is 0.0667. The summed E-state index contributed by atoms with van der Waals surface area (Å²) in [5.74, 6) is 0.564. The Morgan fingerprint density at radius 3 is 2.81 bits per heavy atom. The Labute approximate surface area is 128 Å². The lowest BCUT2D eigenvalue weighted by atomic mass is 10.1. The third-order valence-electron chi connectivity index (χ3n) is 2.91. The molecule has 106 valence electrons. The lowest BCUT2D eigenvalue weighted by Gasteiger charge is -1.98. The lowest BCUT2D eigenvalue weighted by molar-refractivity contribution is 0.423. The molecule has 4 nitrogen and oxygen atoms in total. The molecule has 21 heavy (non-hydrogen) atoms. The highest BCUT2D eigenvalue weighted by molar-refractivity contribution is 9.10. The highest BCUT2D eigenvalue weighted by atomic mass is 79.9. The van der Waals surface area contributed by atoms with Gasteiger partial charge < -0.3 is 9.63 Å². The second kappa shape index (κ2) is 5.65. The molecule has 0 saturated carbocycles. The van der Waals surface area contributed by atoms with Gasteiger partial charge in [0.1, 0.15) is 11.6 Å². The molecular weight excluding hydrogens is 339 g/mol. The molecule has 1 heterocycles. The summed E-state index contributed by atoms with van der Waals surface area (Å²) in [5.41, 5.74) is 1.38. The fourth-order valence-corrected chi connectivity index (χ4v) is 2.16. The maximum atomic E-state index is 13.1. The molecule has 0 aliphatic rings. The van der Waals surface area contributed by atoms with Crippen molar-refractivity contribution in [1.82, 2.24) is 10.1 Å². The number of hydrogen-bond acceptors (Lipinski definition) is 4. The average Bonchev–Trinajstić information content (AvgIpc) is 2.90. The number of aromatic hydroxyl groups is 1. The van der Waals surface area contributed by atoms with E-state index in [1.165, 1.54) is 18.2 Å². The monoisotopic (exact) mass is 348 g/mol. The Kier molecular flexibility index (Phi) is 3.70. The van der Waals surface area contributed by atoms with Crippen LogP contribution in [0.4, 0.5) is 4.39 Å². The van der Waals surface area contributed by atoms with Crippen molar-refractivity contribution in [3.63, 3.8) is 0 Å². The zero-order valence-electron chi connectivity index (χ0n) is 10.8. The van der Waals surface area contributed by atoms with E-state index in [0.29, 0.717) is 28.2 Å². The van der Waals surface area contributed by atoms with E-state index in [1.807, 2.05) is 0 Å². The van der Waals surface area contributed by atoms with Crippen LogP contribution in [-0.2, 0) is 6.42 Å². The van der Waals surface area contributed by atoms with Crippen LogP contribution in [0.1, 0.15) is 11.4 Å². The maximum absolute atomic E-state index is 13.1. The van der Waals surface area contributed by atoms with Gasteiger partial charge in [-0.2, -0.15) is 4.98 Å². The third-order valence-corrected chi connectivity index (χ3v) is 3.58. The summed E-state index contributed by atoms with van der Waals surface area (Å²) in [6.45, 7) is 0. The van der Waals surface area contributed by atoms with Gasteiger partial charge in [-0.1, -0.05) is 17.3 Å². The van der Waals surface area contributed by atoms with Crippen molar-refractivity contribution in [3.8, 4) is 17.2 Å². The first-order chi connectivity index (χ1) is 10.1. The Morgan fingerprint density at radius 1 is 1.19 bits per heavy atom. The second-order valence-electron chi connectivity index (χ2n) is 4.49. The van der Waals surface area contributed by atoms with Gasteiger partial charge in [0.15, 0.2) is 5.82 Å². The highest BCUT2D eigenvalue weighted by Gasteiger charge is 2.11. The second-order valence-corrected chi connectivity index (χ2v) is 5.34. The summed E-state index contributed by atoms with van der Waals surface area (Å²) < 4.78 is 18.9. The van der Waals surface area contributed by atoms with Crippen molar-refractivity contribution in [3.05, 3.63) is 64.1 Å². The van der Waals surface area contributed by atoms with Gasteiger partial charge in [-0.25, -0.2) is 4.39 Å². The van der Waals surface area contributed by atoms with E-state index in [9.17, 15) is 9.50 Å². The van der Waals surface area contributed by atoms with Gasteiger partial charge in [0, 0.05) is 12.0 Å². The molecule has 0 atom stereocenters. The normalized spacial score (nSPS) is 10.8. The van der Waals surface area contributed by atoms with Crippen molar-refractivity contribution in [1.29, 1.82) is 0 Å². The van der Waals surface area contributed by atoms with Gasteiger partial charge in [0.25, 0.3) is 5.89 Å². The maximum Gasteiger partial charge on any atom is 0.258 e. The highest BCUT2D eigenvalue weighted by Crippen LogP contribution is 2.29. The van der Waals surface area contributed by atoms with Crippen molar-refractivity contribution in [2.75, 3.05) is 0 Å². The molecule has 0 aliphatic heterocycles. The zero-order chi connectivity index (χ0) is 14.8. The largest absolute Gasteiger partial charge is 0.507 e. The van der Waals surface area contributed by atoms with Crippen LogP contribution in [0.2, 0.25) is 0 Å². The third kappa shape index (κ3) is 3.11. The Bertz CT molecular complexity index is 789. The zero-order valence-corrected chi connectivity index (χ0v) is 12.3. The van der Waals surface area contributed by atoms with E-state index in [-0.39, 0.29) is 11.6 Å². The van der Waals surface area contributed by atoms with Gasteiger partial charge in [0.05, 0.1) is 4.47 Å². The van der Waals surface area contributed by atoms with Crippen LogP contribution in [0.3, 0.4) is 0 Å². The number of halogens is 2. The van der Waals surface area contributed by atoms with E-state index >= 15 is 0 Å². The van der Waals surface area contributed by atoms with Crippen molar-refractivity contribution >= 4 is 15.9 Å². The standard InChI is InChI=1S/C15H10BrFN2O2/c16-12-5-4-10(8-13(12)20)15-18-14(19-21-15)7-9-2-1-3-11(17)6-9/h1-6,8,20H,7H2. The fourth-order valence-electron chi connectivity index (χ4n) is 1.92. The van der Waals surface area contributed by atoms with Gasteiger partial charge >= 0.3 is 0 Å². The van der Waals surface area contributed by atoms with E-state index in [2.05, 4.69) is 26.1 Å². The number of aromatic nitrogens is 2. The minimum Gasteiger partial charge on any atom is -0.507 e. The predicted molar refractivity (Wildman–Crippen MR) is 78.3 cm³/mol. The molecule has 6 heteroatoms. The summed E-state index contributed by atoms with van der Waals surface area (Å²) in [7, 11) is 0. The summed E-state index contributed by atoms with van der Waals surface area (Å²) in [5, 5.41) is 13.5. The Balaban J connectivity index is 1.84. The molecule has 3 rings (SSSR count). The summed E-state index contributed by atoms with van der Waals surface area (Å²) >= 11 is 3.21. The predicted octanol–water partition coefficient (Wildman–Crippen LogP) is 3.93. The smallest absolute Gasteiger partial charge is 0.258 e. The number of phenolic OH excluding ortho intramolecular Hbond substituents is 1. The quantitative estimate of drug-likeness (QED) is 0.778. The van der Waals surface area contributed by atoms with E-state index in [4.69, 9.17) is 4.52 Å². The van der Waals surface area contributed by atoms with Crippen LogP contribution in [0, 0.1) is 5.82 Å². The van der Waals surface area contributed by atoms with Crippen LogP contribution in [0.25, 0.3) is 11.5 Å². The number of rotatable bonds is 3. The molecule has 0 radical (unpaired) electrons. The van der Waals surface area contributed by atoms with Gasteiger partial charge in [-0.3, -0.25) is 0 Å². The van der Waals surface area contributed by atoms with Crippen molar-refractivity contribution in [2.24, 2.45) is 0 Å². The summed E-state index contributed by atoms with van der Waals surface area (Å²) in [6.07, 6.45) is 0.379. The first-order valence-electron chi connectivity index (χ1n) is 6.18. The number of benzene rings is 2. The van der Waals surface area contributed by atoms with Crippen LogP contribution < -0.4 is 0 Å². The van der Waals surface area contributed by atoms with Crippen LogP contribution in [0.15, 0.2) is 51.5 Å². The molecule has 0 amide bonds. The van der Waals surface area contributed by atoms with E-state index < -0.39 is 0 Å². The topological polar surface area (TPSA) is 59.2 Å². The molecule has 0 aliphatic carbocycles. The van der Waals surface area contributed by atoms with Crippen molar-refractivity contribution < 1.29 is 14.0 Å². The molecule has 0 fully saturated rings.